The lowest BCUT2D eigenvalue weighted by Crippen LogP contribution is -2.55. The maximum absolute atomic E-state index is 5.39. The summed E-state index contributed by atoms with van der Waals surface area (Å²) < 4.78 is 5.39. The van der Waals surface area contributed by atoms with Crippen LogP contribution >= 0.6 is 0 Å². The number of fused-ring (bicyclic) bond motifs is 1. The van der Waals surface area contributed by atoms with E-state index in [9.17, 15) is 0 Å². The molecule has 1 atom stereocenters. The van der Waals surface area contributed by atoms with E-state index >= 15 is 0 Å². The minimum atomic E-state index is 0.268. The van der Waals surface area contributed by atoms with Crippen molar-refractivity contribution in [2.45, 2.75) is 31.7 Å². The molecule has 0 radical (unpaired) electrons. The Kier molecular flexibility index (Phi) is 3.17. The van der Waals surface area contributed by atoms with Crippen molar-refractivity contribution in [1.29, 1.82) is 0 Å². The molecule has 3 rings (SSSR count). The van der Waals surface area contributed by atoms with Crippen LogP contribution in [-0.2, 0) is 6.42 Å². The van der Waals surface area contributed by atoms with Gasteiger partial charge in [0.2, 0.25) is 0 Å². The highest BCUT2D eigenvalue weighted by Crippen LogP contribution is 2.39. The molecule has 2 heterocycles. The van der Waals surface area contributed by atoms with E-state index in [-0.39, 0.29) is 5.54 Å². The zero-order valence-electron chi connectivity index (χ0n) is 12.3. The number of methoxy groups -OCH3 is 1. The number of benzene rings is 1. The SMILES string of the molecule is COc1ccc2c(c1)N(C1(C)CCCN(C)C1)CC2. The van der Waals surface area contributed by atoms with Crippen LogP contribution in [0, 0.1) is 0 Å². The Labute approximate surface area is 116 Å². The van der Waals surface area contributed by atoms with Crippen molar-refractivity contribution < 1.29 is 4.74 Å². The average molecular weight is 260 g/mol. The highest BCUT2D eigenvalue weighted by Gasteiger charge is 2.38. The van der Waals surface area contributed by atoms with Crippen molar-refractivity contribution in [1.82, 2.24) is 4.90 Å². The van der Waals surface area contributed by atoms with Gasteiger partial charge in [-0.25, -0.2) is 0 Å². The minimum absolute atomic E-state index is 0.268. The van der Waals surface area contributed by atoms with Crippen LogP contribution < -0.4 is 9.64 Å². The van der Waals surface area contributed by atoms with Gasteiger partial charge in [0.05, 0.1) is 12.6 Å². The van der Waals surface area contributed by atoms with Crippen LogP contribution in [0.3, 0.4) is 0 Å². The van der Waals surface area contributed by atoms with Crippen LogP contribution in [0.15, 0.2) is 18.2 Å². The van der Waals surface area contributed by atoms with Crippen LogP contribution in [0.25, 0.3) is 0 Å². The number of hydrogen-bond donors (Lipinski definition) is 0. The van der Waals surface area contributed by atoms with E-state index in [1.165, 1.54) is 37.1 Å². The molecule has 0 N–H and O–H groups in total. The fourth-order valence-electron chi connectivity index (χ4n) is 3.74. The second-order valence-corrected chi connectivity index (χ2v) is 6.23. The zero-order valence-corrected chi connectivity index (χ0v) is 12.3. The summed E-state index contributed by atoms with van der Waals surface area (Å²) >= 11 is 0. The van der Waals surface area contributed by atoms with Crippen LogP contribution in [0.4, 0.5) is 5.69 Å². The number of hydrogen-bond acceptors (Lipinski definition) is 3. The lowest BCUT2D eigenvalue weighted by Gasteiger charge is -2.46. The number of piperidine rings is 1. The molecule has 0 spiro atoms. The molecule has 1 unspecified atom stereocenters. The van der Waals surface area contributed by atoms with E-state index in [1.54, 1.807) is 7.11 Å². The Balaban J connectivity index is 1.92. The molecule has 2 aliphatic rings. The first-order valence-corrected chi connectivity index (χ1v) is 7.25. The smallest absolute Gasteiger partial charge is 0.120 e. The van der Waals surface area contributed by atoms with Crippen molar-refractivity contribution in [3.8, 4) is 5.75 Å². The van der Waals surface area contributed by atoms with Crippen LogP contribution in [0.1, 0.15) is 25.3 Å². The van der Waals surface area contributed by atoms with Gasteiger partial charge in [-0.3, -0.25) is 0 Å². The molecule has 0 aliphatic carbocycles. The van der Waals surface area contributed by atoms with Gasteiger partial charge in [-0.15, -0.1) is 0 Å². The number of anilines is 1. The fraction of sp³-hybridized carbons (Fsp3) is 0.625. The Hall–Kier alpha value is -1.22. The third kappa shape index (κ3) is 2.20. The molecule has 1 aromatic rings. The zero-order chi connectivity index (χ0) is 13.5. The highest BCUT2D eigenvalue weighted by atomic mass is 16.5. The summed E-state index contributed by atoms with van der Waals surface area (Å²) in [5.74, 6) is 0.971. The van der Waals surface area contributed by atoms with Crippen molar-refractivity contribution >= 4 is 5.69 Å². The molecule has 1 aromatic carbocycles. The Morgan fingerprint density at radius 3 is 2.84 bits per heavy atom. The quantitative estimate of drug-likeness (QED) is 0.813. The normalized spacial score (nSPS) is 27.4. The van der Waals surface area contributed by atoms with Crippen LogP contribution in [0.5, 0.6) is 5.75 Å². The fourth-order valence-corrected chi connectivity index (χ4v) is 3.74. The van der Waals surface area contributed by atoms with Gasteiger partial charge in [0.25, 0.3) is 0 Å². The first kappa shape index (κ1) is 12.8. The Morgan fingerprint density at radius 2 is 2.11 bits per heavy atom. The third-order valence-corrected chi connectivity index (χ3v) is 4.71. The number of likely N-dealkylation sites (tertiary alicyclic amines) is 1. The van der Waals surface area contributed by atoms with Crippen LogP contribution in [-0.4, -0.2) is 44.2 Å². The topological polar surface area (TPSA) is 15.7 Å². The maximum atomic E-state index is 5.39. The van der Waals surface area contributed by atoms with Gasteiger partial charge < -0.3 is 14.5 Å². The molecule has 19 heavy (non-hydrogen) atoms. The molecule has 0 saturated carbocycles. The highest BCUT2D eigenvalue weighted by molar-refractivity contribution is 5.62. The monoisotopic (exact) mass is 260 g/mol. The van der Waals surface area contributed by atoms with E-state index in [0.717, 1.165) is 18.8 Å². The standard InChI is InChI=1S/C16H24N2O/c1-16(8-4-9-17(2)12-16)18-10-7-13-5-6-14(19-3)11-15(13)18/h5-6,11H,4,7-10,12H2,1-3H3. The lowest BCUT2D eigenvalue weighted by molar-refractivity contribution is 0.184. The maximum Gasteiger partial charge on any atom is 0.120 e. The number of rotatable bonds is 2. The largest absolute Gasteiger partial charge is 0.497 e. The summed E-state index contributed by atoms with van der Waals surface area (Å²) in [5, 5.41) is 0. The summed E-state index contributed by atoms with van der Waals surface area (Å²) in [5.41, 5.74) is 3.12. The van der Waals surface area contributed by atoms with Gasteiger partial charge in [-0.05, 0) is 51.4 Å². The van der Waals surface area contributed by atoms with Crippen LogP contribution in [0.2, 0.25) is 0 Å². The second kappa shape index (κ2) is 4.71. The number of ether oxygens (including phenoxy) is 1. The Bertz CT molecular complexity index is 474. The molecule has 1 saturated heterocycles. The van der Waals surface area contributed by atoms with Crippen molar-refractivity contribution in [2.75, 3.05) is 38.7 Å². The van der Waals surface area contributed by atoms with E-state index < -0.39 is 0 Å². The molecule has 1 fully saturated rings. The van der Waals surface area contributed by atoms with Gasteiger partial charge in [-0.1, -0.05) is 6.07 Å². The van der Waals surface area contributed by atoms with E-state index in [0.29, 0.717) is 0 Å². The van der Waals surface area contributed by atoms with Gasteiger partial charge in [0, 0.05) is 24.8 Å². The summed E-state index contributed by atoms with van der Waals surface area (Å²) in [4.78, 5) is 5.07. The number of likely N-dealkylation sites (N-methyl/N-ethyl adjacent to an activating group) is 1. The molecular formula is C16H24N2O. The first-order chi connectivity index (χ1) is 9.12. The van der Waals surface area contributed by atoms with E-state index in [4.69, 9.17) is 4.74 Å². The van der Waals surface area contributed by atoms with E-state index in [1.807, 2.05) is 0 Å². The van der Waals surface area contributed by atoms with Crippen molar-refractivity contribution in [3.05, 3.63) is 23.8 Å². The number of nitrogens with zero attached hydrogens (tertiary/aromatic N) is 2. The van der Waals surface area contributed by atoms with Gasteiger partial charge >= 0.3 is 0 Å². The lowest BCUT2D eigenvalue weighted by atomic mass is 9.89. The predicted molar refractivity (Wildman–Crippen MR) is 79.2 cm³/mol. The van der Waals surface area contributed by atoms with Gasteiger partial charge in [0.15, 0.2) is 0 Å². The van der Waals surface area contributed by atoms with Gasteiger partial charge in [-0.2, -0.15) is 0 Å². The molecule has 0 amide bonds. The summed E-state index contributed by atoms with van der Waals surface area (Å²) in [7, 11) is 3.98. The van der Waals surface area contributed by atoms with Crippen molar-refractivity contribution in [3.63, 3.8) is 0 Å². The molecule has 0 aromatic heterocycles. The molecular weight excluding hydrogens is 236 g/mol. The molecule has 3 heteroatoms. The second-order valence-electron chi connectivity index (χ2n) is 6.23. The van der Waals surface area contributed by atoms with E-state index in [2.05, 4.69) is 42.0 Å². The minimum Gasteiger partial charge on any atom is -0.497 e. The molecule has 104 valence electrons. The van der Waals surface area contributed by atoms with Crippen molar-refractivity contribution in [2.24, 2.45) is 0 Å². The summed E-state index contributed by atoms with van der Waals surface area (Å²) in [6.45, 7) is 5.95. The summed E-state index contributed by atoms with van der Waals surface area (Å²) in [6.07, 6.45) is 3.75. The average Bonchev–Trinajstić information content (AvgIpc) is 2.81. The molecule has 2 aliphatic heterocycles. The predicted octanol–water partition coefficient (Wildman–Crippen LogP) is 2.54. The molecule has 3 nitrogen and oxygen atoms in total. The van der Waals surface area contributed by atoms with Gasteiger partial charge in [0.1, 0.15) is 5.75 Å². The summed E-state index contributed by atoms with van der Waals surface area (Å²) in [6, 6.07) is 6.52. The third-order valence-electron chi connectivity index (χ3n) is 4.71. The Morgan fingerprint density at radius 1 is 1.26 bits per heavy atom. The molecule has 0 bridgehead atoms. The first-order valence-electron chi connectivity index (χ1n) is 7.25.